The van der Waals surface area contributed by atoms with Crippen molar-refractivity contribution >= 4 is 0 Å². The van der Waals surface area contributed by atoms with Crippen LogP contribution in [0.2, 0.25) is 0 Å². The summed E-state index contributed by atoms with van der Waals surface area (Å²) in [7, 11) is 0. The van der Waals surface area contributed by atoms with Crippen LogP contribution in [0, 0.1) is 12.3 Å². The lowest BCUT2D eigenvalue weighted by molar-refractivity contribution is 0.0263. The number of hydrogen-bond donors (Lipinski definition) is 1. The van der Waals surface area contributed by atoms with E-state index in [0.717, 1.165) is 25.3 Å². The van der Waals surface area contributed by atoms with Crippen molar-refractivity contribution < 1.29 is 0 Å². The molecule has 0 aromatic carbocycles. The highest BCUT2D eigenvalue weighted by Gasteiger charge is 2.38. The summed E-state index contributed by atoms with van der Waals surface area (Å²) in [4.78, 5) is 7.26. The Bertz CT molecular complexity index is 460. The number of pyridine rings is 1. The van der Waals surface area contributed by atoms with Gasteiger partial charge in [-0.05, 0) is 38.3 Å². The average molecular weight is 275 g/mol. The predicted octanol–water partition coefficient (Wildman–Crippen LogP) is 2.99. The number of nitrogens with zero attached hydrogens (tertiary/aromatic N) is 2. The zero-order valence-electron chi connectivity index (χ0n) is 13.8. The summed E-state index contributed by atoms with van der Waals surface area (Å²) in [6.07, 6.45) is 0. The molecule has 1 aliphatic heterocycles. The Morgan fingerprint density at radius 3 is 2.65 bits per heavy atom. The maximum absolute atomic E-state index is 4.67. The minimum atomic E-state index is 0.172. The second-order valence-corrected chi connectivity index (χ2v) is 7.82. The number of nitrogens with one attached hydrogen (secondary N) is 1. The highest BCUT2D eigenvalue weighted by Crippen LogP contribution is 2.29. The van der Waals surface area contributed by atoms with Crippen LogP contribution in [0.4, 0.5) is 0 Å². The number of aromatic nitrogens is 1. The molecule has 3 nitrogen and oxygen atoms in total. The van der Waals surface area contributed by atoms with E-state index >= 15 is 0 Å². The molecule has 112 valence electrons. The molecule has 0 spiro atoms. The van der Waals surface area contributed by atoms with Crippen LogP contribution < -0.4 is 5.32 Å². The molecule has 0 saturated carbocycles. The van der Waals surface area contributed by atoms with Gasteiger partial charge in [-0.3, -0.25) is 9.88 Å². The van der Waals surface area contributed by atoms with Gasteiger partial charge in [0.1, 0.15) is 0 Å². The van der Waals surface area contributed by atoms with E-state index in [0.29, 0.717) is 6.04 Å². The van der Waals surface area contributed by atoms with Gasteiger partial charge >= 0.3 is 0 Å². The van der Waals surface area contributed by atoms with Crippen molar-refractivity contribution in [1.29, 1.82) is 0 Å². The van der Waals surface area contributed by atoms with Crippen molar-refractivity contribution in [3.8, 4) is 0 Å². The fraction of sp³-hybridized carbons (Fsp3) is 0.706. The number of rotatable bonds is 2. The molecule has 1 saturated heterocycles. The van der Waals surface area contributed by atoms with Gasteiger partial charge in [0.15, 0.2) is 0 Å². The molecule has 3 heteroatoms. The minimum absolute atomic E-state index is 0.172. The molecular weight excluding hydrogens is 246 g/mol. The Morgan fingerprint density at radius 1 is 1.35 bits per heavy atom. The maximum atomic E-state index is 4.67. The van der Waals surface area contributed by atoms with Crippen LogP contribution in [0.1, 0.15) is 46.0 Å². The Hall–Kier alpha value is -0.930. The molecule has 1 fully saturated rings. The first-order valence-electron chi connectivity index (χ1n) is 7.59. The van der Waals surface area contributed by atoms with Crippen molar-refractivity contribution in [3.63, 3.8) is 0 Å². The quantitative estimate of drug-likeness (QED) is 0.899. The molecule has 1 aromatic heterocycles. The molecule has 20 heavy (non-hydrogen) atoms. The number of piperazine rings is 1. The Morgan fingerprint density at radius 2 is 2.05 bits per heavy atom. The summed E-state index contributed by atoms with van der Waals surface area (Å²) in [5, 5.41) is 3.68. The van der Waals surface area contributed by atoms with E-state index in [1.165, 1.54) is 5.69 Å². The van der Waals surface area contributed by atoms with Gasteiger partial charge in [0.05, 0.1) is 5.69 Å². The van der Waals surface area contributed by atoms with E-state index in [9.17, 15) is 0 Å². The van der Waals surface area contributed by atoms with Crippen molar-refractivity contribution in [2.24, 2.45) is 5.41 Å². The standard InChI is InChI=1S/C17H29N3/c1-13-8-7-9-14(19-13)11-20-12-17(5,6)18-10-15(20)16(2,3)4/h7-9,15,18H,10-12H2,1-6H3. The van der Waals surface area contributed by atoms with E-state index < -0.39 is 0 Å². The van der Waals surface area contributed by atoms with Crippen molar-refractivity contribution in [1.82, 2.24) is 15.2 Å². The zero-order valence-corrected chi connectivity index (χ0v) is 13.8. The van der Waals surface area contributed by atoms with Crippen LogP contribution in [0.25, 0.3) is 0 Å². The summed E-state index contributed by atoms with van der Waals surface area (Å²) >= 11 is 0. The molecule has 2 rings (SSSR count). The molecule has 1 aromatic rings. The van der Waals surface area contributed by atoms with Gasteiger partial charge in [0.2, 0.25) is 0 Å². The summed E-state index contributed by atoms with van der Waals surface area (Å²) in [6.45, 7) is 16.6. The summed E-state index contributed by atoms with van der Waals surface area (Å²) in [6, 6.07) is 6.85. The second-order valence-electron chi connectivity index (χ2n) is 7.82. The van der Waals surface area contributed by atoms with Crippen LogP contribution >= 0.6 is 0 Å². The zero-order chi connectivity index (χ0) is 15.0. The van der Waals surface area contributed by atoms with Gasteiger partial charge in [-0.1, -0.05) is 26.8 Å². The first-order chi connectivity index (χ1) is 9.17. The third-order valence-electron chi connectivity index (χ3n) is 4.12. The third-order valence-corrected chi connectivity index (χ3v) is 4.12. The van der Waals surface area contributed by atoms with Gasteiger partial charge in [-0.25, -0.2) is 0 Å². The van der Waals surface area contributed by atoms with Crippen LogP contribution in [0.15, 0.2) is 18.2 Å². The van der Waals surface area contributed by atoms with Gasteiger partial charge in [0.25, 0.3) is 0 Å². The van der Waals surface area contributed by atoms with Crippen molar-refractivity contribution in [2.45, 2.75) is 59.7 Å². The van der Waals surface area contributed by atoms with Gasteiger partial charge in [0, 0.05) is 36.9 Å². The SMILES string of the molecule is Cc1cccc(CN2CC(C)(C)NCC2C(C)(C)C)n1. The molecule has 0 aliphatic carbocycles. The highest BCUT2D eigenvalue weighted by atomic mass is 15.3. The lowest BCUT2D eigenvalue weighted by Gasteiger charge is -2.49. The molecule has 1 aliphatic rings. The Kier molecular flexibility index (Phi) is 4.22. The highest BCUT2D eigenvalue weighted by molar-refractivity contribution is 5.11. The minimum Gasteiger partial charge on any atom is -0.309 e. The van der Waals surface area contributed by atoms with E-state index in [1.54, 1.807) is 0 Å². The number of hydrogen-bond acceptors (Lipinski definition) is 3. The van der Waals surface area contributed by atoms with E-state index in [4.69, 9.17) is 0 Å². The monoisotopic (exact) mass is 275 g/mol. The first kappa shape index (κ1) is 15.5. The van der Waals surface area contributed by atoms with E-state index in [1.807, 2.05) is 0 Å². The molecule has 1 atom stereocenters. The van der Waals surface area contributed by atoms with Gasteiger partial charge in [-0.15, -0.1) is 0 Å². The largest absolute Gasteiger partial charge is 0.309 e. The molecule has 0 radical (unpaired) electrons. The Balaban J connectivity index is 2.19. The van der Waals surface area contributed by atoms with Crippen molar-refractivity contribution in [2.75, 3.05) is 13.1 Å². The average Bonchev–Trinajstić information content (AvgIpc) is 2.25. The topological polar surface area (TPSA) is 28.2 Å². The van der Waals surface area contributed by atoms with Crippen LogP contribution in [-0.4, -0.2) is 34.6 Å². The predicted molar refractivity (Wildman–Crippen MR) is 84.7 cm³/mol. The Labute approximate surface area is 123 Å². The lowest BCUT2D eigenvalue weighted by Crippen LogP contribution is -2.64. The van der Waals surface area contributed by atoms with Gasteiger partial charge in [-0.2, -0.15) is 0 Å². The van der Waals surface area contributed by atoms with Crippen LogP contribution in [0.5, 0.6) is 0 Å². The lowest BCUT2D eigenvalue weighted by atomic mass is 9.82. The van der Waals surface area contributed by atoms with E-state index in [-0.39, 0.29) is 11.0 Å². The fourth-order valence-corrected chi connectivity index (χ4v) is 3.09. The molecular formula is C17H29N3. The second kappa shape index (κ2) is 5.45. The molecule has 0 amide bonds. The number of aryl methyl sites for hydroxylation is 1. The van der Waals surface area contributed by atoms with Crippen LogP contribution in [-0.2, 0) is 6.54 Å². The first-order valence-corrected chi connectivity index (χ1v) is 7.59. The molecule has 0 bridgehead atoms. The third kappa shape index (κ3) is 3.80. The van der Waals surface area contributed by atoms with Crippen LogP contribution in [0.3, 0.4) is 0 Å². The smallest absolute Gasteiger partial charge is 0.0547 e. The van der Waals surface area contributed by atoms with Gasteiger partial charge < -0.3 is 5.32 Å². The summed E-state index contributed by atoms with van der Waals surface area (Å²) < 4.78 is 0. The van der Waals surface area contributed by atoms with Crippen molar-refractivity contribution in [3.05, 3.63) is 29.6 Å². The maximum Gasteiger partial charge on any atom is 0.0547 e. The summed E-state index contributed by atoms with van der Waals surface area (Å²) in [5.74, 6) is 0. The van der Waals surface area contributed by atoms with E-state index in [2.05, 4.69) is 74.9 Å². The fourth-order valence-electron chi connectivity index (χ4n) is 3.09. The molecule has 2 heterocycles. The summed E-state index contributed by atoms with van der Waals surface area (Å²) in [5.41, 5.74) is 2.72. The molecule has 1 N–H and O–H groups in total. The molecule has 1 unspecified atom stereocenters. The normalized spacial score (nSPS) is 23.8.